The highest BCUT2D eigenvalue weighted by molar-refractivity contribution is 5.99. The van der Waals surface area contributed by atoms with Gasteiger partial charge in [-0.2, -0.15) is 0 Å². The number of likely N-dealkylation sites (tertiary alicyclic amines) is 1. The second-order valence-corrected chi connectivity index (χ2v) is 6.86. The number of nitrogens with zero attached hydrogens (tertiary/aromatic N) is 2. The van der Waals surface area contributed by atoms with E-state index < -0.39 is 5.91 Å². The lowest BCUT2D eigenvalue weighted by atomic mass is 10.0. The van der Waals surface area contributed by atoms with E-state index >= 15 is 0 Å². The number of primary amides is 1. The smallest absolute Gasteiger partial charge is 0.250 e. The summed E-state index contributed by atoms with van der Waals surface area (Å²) >= 11 is 0. The van der Waals surface area contributed by atoms with Gasteiger partial charge < -0.3 is 20.3 Å². The van der Waals surface area contributed by atoms with Crippen molar-refractivity contribution in [3.05, 3.63) is 23.8 Å². The summed E-state index contributed by atoms with van der Waals surface area (Å²) < 4.78 is 5.20. The van der Waals surface area contributed by atoms with Gasteiger partial charge in [-0.25, -0.2) is 0 Å². The fraction of sp³-hybridized carbons (Fsp3) is 0.579. The van der Waals surface area contributed by atoms with Gasteiger partial charge in [-0.05, 0) is 43.9 Å². The zero-order valence-corrected chi connectivity index (χ0v) is 14.9. The molecule has 6 heteroatoms. The maximum atomic E-state index is 12.3. The van der Waals surface area contributed by atoms with Gasteiger partial charge in [0.2, 0.25) is 5.91 Å². The van der Waals surface area contributed by atoms with Crippen LogP contribution in [0.1, 0.15) is 48.9 Å². The minimum Gasteiger partial charge on any atom is -0.497 e. The number of carbonyl (C=O) groups excluding carboxylic acids is 2. The Kier molecular flexibility index (Phi) is 5.46. The molecule has 0 radical (unpaired) electrons. The number of amides is 2. The molecule has 0 spiro atoms. The van der Waals surface area contributed by atoms with Crippen molar-refractivity contribution in [2.75, 3.05) is 31.6 Å². The van der Waals surface area contributed by atoms with Gasteiger partial charge in [-0.3, -0.25) is 9.59 Å². The van der Waals surface area contributed by atoms with Gasteiger partial charge in [0.25, 0.3) is 5.91 Å². The van der Waals surface area contributed by atoms with Crippen molar-refractivity contribution in [3.63, 3.8) is 0 Å². The molecule has 1 aromatic rings. The Morgan fingerprint density at radius 2 is 1.92 bits per heavy atom. The van der Waals surface area contributed by atoms with E-state index in [0.717, 1.165) is 57.4 Å². The largest absolute Gasteiger partial charge is 0.497 e. The molecule has 2 fully saturated rings. The summed E-state index contributed by atoms with van der Waals surface area (Å²) in [6.07, 6.45) is 5.81. The number of nitrogens with two attached hydrogens (primary N) is 1. The molecule has 0 saturated carbocycles. The first kappa shape index (κ1) is 17.6. The third-order valence-electron chi connectivity index (χ3n) is 5.33. The highest BCUT2D eigenvalue weighted by Crippen LogP contribution is 2.29. The van der Waals surface area contributed by atoms with Crippen molar-refractivity contribution in [1.82, 2.24) is 4.90 Å². The average molecular weight is 345 g/mol. The van der Waals surface area contributed by atoms with Crippen LogP contribution in [-0.4, -0.2) is 49.5 Å². The first-order chi connectivity index (χ1) is 12.1. The summed E-state index contributed by atoms with van der Waals surface area (Å²) in [6, 6.07) is 5.77. The number of piperidine rings is 1. The van der Waals surface area contributed by atoms with Crippen molar-refractivity contribution in [2.45, 2.75) is 44.6 Å². The fourth-order valence-electron chi connectivity index (χ4n) is 3.92. The molecule has 2 saturated heterocycles. The van der Waals surface area contributed by atoms with E-state index in [0.29, 0.717) is 29.7 Å². The molecule has 2 amide bonds. The normalized spacial score (nSPS) is 19.6. The van der Waals surface area contributed by atoms with Crippen LogP contribution in [0.15, 0.2) is 18.2 Å². The van der Waals surface area contributed by atoms with Crippen LogP contribution in [0.25, 0.3) is 0 Å². The number of hydrogen-bond acceptors (Lipinski definition) is 4. The molecule has 0 atom stereocenters. The van der Waals surface area contributed by atoms with Crippen LogP contribution in [0.4, 0.5) is 5.69 Å². The molecule has 3 rings (SSSR count). The van der Waals surface area contributed by atoms with Gasteiger partial charge in [-0.15, -0.1) is 0 Å². The molecule has 25 heavy (non-hydrogen) atoms. The highest BCUT2D eigenvalue weighted by Gasteiger charge is 2.29. The van der Waals surface area contributed by atoms with Crippen LogP contribution < -0.4 is 15.4 Å². The van der Waals surface area contributed by atoms with Crippen LogP contribution in [0.5, 0.6) is 5.75 Å². The molecule has 1 aromatic carbocycles. The first-order valence-corrected chi connectivity index (χ1v) is 9.12. The van der Waals surface area contributed by atoms with E-state index in [2.05, 4.69) is 9.80 Å². The van der Waals surface area contributed by atoms with Crippen molar-refractivity contribution in [1.29, 1.82) is 0 Å². The molecule has 136 valence electrons. The monoisotopic (exact) mass is 345 g/mol. The first-order valence-electron chi connectivity index (χ1n) is 9.12. The van der Waals surface area contributed by atoms with Crippen molar-refractivity contribution < 1.29 is 14.3 Å². The molecule has 2 N–H and O–H groups in total. The maximum absolute atomic E-state index is 12.3. The van der Waals surface area contributed by atoms with Gasteiger partial charge in [-0.1, -0.05) is 6.42 Å². The summed E-state index contributed by atoms with van der Waals surface area (Å²) in [5.74, 6) is 0.486. The van der Waals surface area contributed by atoms with Crippen LogP contribution in [0.2, 0.25) is 0 Å². The van der Waals surface area contributed by atoms with Crippen LogP contribution in [0.3, 0.4) is 0 Å². The molecule has 6 nitrogen and oxygen atoms in total. The van der Waals surface area contributed by atoms with E-state index in [1.165, 1.54) is 0 Å². The van der Waals surface area contributed by atoms with Crippen molar-refractivity contribution in [2.24, 2.45) is 5.73 Å². The fourth-order valence-corrected chi connectivity index (χ4v) is 3.92. The summed E-state index contributed by atoms with van der Waals surface area (Å²) in [5.41, 5.74) is 6.90. The summed E-state index contributed by atoms with van der Waals surface area (Å²) in [4.78, 5) is 28.4. The van der Waals surface area contributed by atoms with E-state index in [9.17, 15) is 9.59 Å². The molecule has 0 bridgehead atoms. The van der Waals surface area contributed by atoms with Crippen molar-refractivity contribution >= 4 is 17.5 Å². The summed E-state index contributed by atoms with van der Waals surface area (Å²) in [7, 11) is 1.57. The topological polar surface area (TPSA) is 75.9 Å². The zero-order chi connectivity index (χ0) is 17.8. The Bertz CT molecular complexity index is 639. The Balaban J connectivity index is 1.70. The van der Waals surface area contributed by atoms with E-state index in [4.69, 9.17) is 10.5 Å². The van der Waals surface area contributed by atoms with Crippen LogP contribution in [-0.2, 0) is 4.79 Å². The van der Waals surface area contributed by atoms with Gasteiger partial charge in [0.05, 0.1) is 12.7 Å². The second kappa shape index (κ2) is 7.76. The molecule has 2 aliphatic rings. The Morgan fingerprint density at radius 3 is 2.60 bits per heavy atom. The summed E-state index contributed by atoms with van der Waals surface area (Å²) in [5, 5.41) is 0. The second-order valence-electron chi connectivity index (χ2n) is 6.86. The van der Waals surface area contributed by atoms with Gasteiger partial charge in [0.15, 0.2) is 0 Å². The molecule has 0 aromatic heterocycles. The van der Waals surface area contributed by atoms with Gasteiger partial charge in [0, 0.05) is 37.8 Å². The maximum Gasteiger partial charge on any atom is 0.250 e. The summed E-state index contributed by atoms with van der Waals surface area (Å²) in [6.45, 7) is 2.53. The van der Waals surface area contributed by atoms with Crippen molar-refractivity contribution in [3.8, 4) is 5.75 Å². The molecule has 0 unspecified atom stereocenters. The number of methoxy groups -OCH3 is 1. The number of hydrogen-bond donors (Lipinski definition) is 1. The minimum atomic E-state index is -0.446. The average Bonchev–Trinajstić information content (AvgIpc) is 2.85. The van der Waals surface area contributed by atoms with E-state index in [1.54, 1.807) is 13.2 Å². The molecular formula is C19H27N3O3. The number of anilines is 1. The standard InChI is InChI=1S/C19H27N3O3/c1-25-15-6-7-17(16(13-15)19(20)24)21-11-8-14(9-12-21)22-10-4-2-3-5-18(22)23/h6-7,13-14H,2-5,8-12H2,1H3,(H2,20,24). The number of carbonyl (C=O) groups is 2. The lowest BCUT2D eigenvalue weighted by Gasteiger charge is -2.39. The van der Waals surface area contributed by atoms with Crippen LogP contribution >= 0.6 is 0 Å². The van der Waals surface area contributed by atoms with Gasteiger partial charge >= 0.3 is 0 Å². The lowest BCUT2D eigenvalue weighted by Crippen LogP contribution is -2.47. The third-order valence-corrected chi connectivity index (χ3v) is 5.33. The quantitative estimate of drug-likeness (QED) is 0.907. The van der Waals surface area contributed by atoms with E-state index in [1.807, 2.05) is 12.1 Å². The number of benzene rings is 1. The SMILES string of the molecule is COc1ccc(N2CCC(N3CCCCCC3=O)CC2)c(C(N)=O)c1. The third kappa shape index (κ3) is 3.89. The molecule has 0 aliphatic carbocycles. The predicted molar refractivity (Wildman–Crippen MR) is 96.9 cm³/mol. The lowest BCUT2D eigenvalue weighted by molar-refractivity contribution is -0.133. The minimum absolute atomic E-state index is 0.304. The Morgan fingerprint density at radius 1 is 1.16 bits per heavy atom. The van der Waals surface area contributed by atoms with Gasteiger partial charge in [0.1, 0.15) is 5.75 Å². The number of rotatable bonds is 4. The number of ether oxygens (including phenoxy) is 1. The highest BCUT2D eigenvalue weighted by atomic mass is 16.5. The predicted octanol–water partition coefficient (Wildman–Crippen LogP) is 2.17. The zero-order valence-electron chi connectivity index (χ0n) is 14.9. The molecule has 2 heterocycles. The molecule has 2 aliphatic heterocycles. The van der Waals surface area contributed by atoms with Crippen LogP contribution in [0, 0.1) is 0 Å². The molecular weight excluding hydrogens is 318 g/mol. The Hall–Kier alpha value is -2.24. The van der Waals surface area contributed by atoms with E-state index in [-0.39, 0.29) is 0 Å². The Labute approximate surface area is 148 Å².